The monoisotopic (exact) mass is 317 g/mol. The molecule has 0 spiro atoms. The smallest absolute Gasteiger partial charge is 0.255 e. The summed E-state index contributed by atoms with van der Waals surface area (Å²) in [6.45, 7) is 4.05. The Balaban J connectivity index is 2.18. The Hall–Kier alpha value is -1.61. The molecule has 0 aliphatic heterocycles. The third kappa shape index (κ3) is 3.44. The van der Waals surface area contributed by atoms with Gasteiger partial charge in [-0.2, -0.15) is 0 Å². The molecular formula is C16H16BrNO. The van der Waals surface area contributed by atoms with E-state index in [-0.39, 0.29) is 5.91 Å². The molecule has 0 heterocycles. The van der Waals surface area contributed by atoms with Gasteiger partial charge in [-0.3, -0.25) is 4.79 Å². The molecule has 0 saturated carbocycles. The Bertz CT molecular complexity index is 607. The number of rotatable bonds is 3. The van der Waals surface area contributed by atoms with Crippen LogP contribution in [0.4, 0.5) is 5.69 Å². The maximum absolute atomic E-state index is 12.2. The minimum atomic E-state index is -0.0742. The van der Waals surface area contributed by atoms with Crippen molar-refractivity contribution in [2.45, 2.75) is 19.2 Å². The summed E-state index contributed by atoms with van der Waals surface area (Å²) in [4.78, 5) is 12.2. The molecule has 2 nitrogen and oxygen atoms in total. The van der Waals surface area contributed by atoms with E-state index in [0.717, 1.165) is 22.1 Å². The van der Waals surface area contributed by atoms with Gasteiger partial charge in [0.25, 0.3) is 5.91 Å². The van der Waals surface area contributed by atoms with Crippen molar-refractivity contribution in [3.8, 4) is 0 Å². The first kappa shape index (κ1) is 13.8. The number of benzene rings is 2. The molecule has 0 saturated heterocycles. The van der Waals surface area contributed by atoms with Crippen LogP contribution >= 0.6 is 15.9 Å². The van der Waals surface area contributed by atoms with Crippen molar-refractivity contribution in [1.82, 2.24) is 0 Å². The predicted molar refractivity (Wildman–Crippen MR) is 82.9 cm³/mol. The molecule has 0 aromatic heterocycles. The lowest BCUT2D eigenvalue weighted by atomic mass is 10.1. The Morgan fingerprint density at radius 2 is 1.89 bits per heavy atom. The van der Waals surface area contributed by atoms with Crippen LogP contribution in [0, 0.1) is 13.8 Å². The quantitative estimate of drug-likeness (QED) is 0.832. The lowest BCUT2D eigenvalue weighted by Gasteiger charge is -2.08. The van der Waals surface area contributed by atoms with Crippen molar-refractivity contribution >= 4 is 27.5 Å². The molecule has 19 heavy (non-hydrogen) atoms. The second-order valence-electron chi connectivity index (χ2n) is 4.59. The first-order valence-electron chi connectivity index (χ1n) is 6.13. The van der Waals surface area contributed by atoms with E-state index in [1.165, 1.54) is 5.56 Å². The molecule has 3 heteroatoms. The summed E-state index contributed by atoms with van der Waals surface area (Å²) < 4.78 is 0. The van der Waals surface area contributed by atoms with E-state index in [1.807, 2.05) is 56.3 Å². The Labute approximate surface area is 122 Å². The standard InChI is InChI=1S/C16H16BrNO/c1-11-6-7-14(8-12(11)2)16(19)18-15-5-3-4-13(9-15)10-17/h3-9H,10H2,1-2H3,(H,18,19). The molecule has 0 bridgehead atoms. The molecular weight excluding hydrogens is 302 g/mol. The van der Waals surface area contributed by atoms with Gasteiger partial charge in [0.05, 0.1) is 0 Å². The van der Waals surface area contributed by atoms with Crippen molar-refractivity contribution in [3.63, 3.8) is 0 Å². The number of nitrogens with one attached hydrogen (secondary N) is 1. The van der Waals surface area contributed by atoms with Crippen LogP contribution in [0.1, 0.15) is 27.0 Å². The van der Waals surface area contributed by atoms with Crippen LogP contribution in [-0.2, 0) is 5.33 Å². The van der Waals surface area contributed by atoms with Gasteiger partial charge in [-0.1, -0.05) is 34.1 Å². The van der Waals surface area contributed by atoms with E-state index >= 15 is 0 Å². The minimum absolute atomic E-state index is 0.0742. The van der Waals surface area contributed by atoms with Gasteiger partial charge >= 0.3 is 0 Å². The van der Waals surface area contributed by atoms with E-state index in [2.05, 4.69) is 21.2 Å². The number of amides is 1. The van der Waals surface area contributed by atoms with Crippen molar-refractivity contribution in [2.24, 2.45) is 0 Å². The topological polar surface area (TPSA) is 29.1 Å². The number of aryl methyl sites for hydroxylation is 2. The van der Waals surface area contributed by atoms with Gasteiger partial charge in [-0.05, 0) is 54.8 Å². The third-order valence-corrected chi connectivity index (χ3v) is 3.76. The molecule has 0 aliphatic carbocycles. The molecule has 0 aliphatic rings. The van der Waals surface area contributed by atoms with Gasteiger partial charge in [-0.15, -0.1) is 0 Å². The highest BCUT2D eigenvalue weighted by molar-refractivity contribution is 9.08. The summed E-state index contributed by atoms with van der Waals surface area (Å²) in [6.07, 6.45) is 0. The van der Waals surface area contributed by atoms with E-state index in [0.29, 0.717) is 5.56 Å². The van der Waals surface area contributed by atoms with Gasteiger partial charge in [0, 0.05) is 16.6 Å². The number of carbonyl (C=O) groups is 1. The van der Waals surface area contributed by atoms with Crippen molar-refractivity contribution in [1.29, 1.82) is 0 Å². The highest BCUT2D eigenvalue weighted by atomic mass is 79.9. The van der Waals surface area contributed by atoms with Crippen molar-refractivity contribution in [3.05, 3.63) is 64.7 Å². The SMILES string of the molecule is Cc1ccc(C(=O)Nc2cccc(CBr)c2)cc1C. The summed E-state index contributed by atoms with van der Waals surface area (Å²) in [5.41, 5.74) is 4.96. The maximum atomic E-state index is 12.2. The molecule has 0 fully saturated rings. The summed E-state index contributed by atoms with van der Waals surface area (Å²) in [6, 6.07) is 13.6. The summed E-state index contributed by atoms with van der Waals surface area (Å²) in [7, 11) is 0. The Morgan fingerprint density at radius 3 is 2.58 bits per heavy atom. The van der Waals surface area contributed by atoms with Crippen molar-refractivity contribution < 1.29 is 4.79 Å². The zero-order valence-electron chi connectivity index (χ0n) is 11.0. The highest BCUT2D eigenvalue weighted by Gasteiger charge is 2.07. The third-order valence-electron chi connectivity index (χ3n) is 3.11. The van der Waals surface area contributed by atoms with E-state index in [1.54, 1.807) is 0 Å². The van der Waals surface area contributed by atoms with Crippen molar-refractivity contribution in [2.75, 3.05) is 5.32 Å². The fraction of sp³-hybridized carbons (Fsp3) is 0.188. The molecule has 98 valence electrons. The molecule has 0 radical (unpaired) electrons. The lowest BCUT2D eigenvalue weighted by Crippen LogP contribution is -2.12. The molecule has 0 atom stereocenters. The predicted octanol–water partition coefficient (Wildman–Crippen LogP) is 4.45. The zero-order valence-corrected chi connectivity index (χ0v) is 12.6. The van der Waals surface area contributed by atoms with Crippen LogP contribution in [0.3, 0.4) is 0 Å². The average molecular weight is 318 g/mol. The van der Waals surface area contributed by atoms with Crippen LogP contribution in [0.15, 0.2) is 42.5 Å². The number of hydrogen-bond donors (Lipinski definition) is 1. The van der Waals surface area contributed by atoms with Crippen LogP contribution in [0.25, 0.3) is 0 Å². The molecule has 2 aromatic carbocycles. The number of hydrogen-bond acceptors (Lipinski definition) is 1. The maximum Gasteiger partial charge on any atom is 0.255 e. The summed E-state index contributed by atoms with van der Waals surface area (Å²) in [5.74, 6) is -0.0742. The van der Waals surface area contributed by atoms with Crippen LogP contribution in [0.5, 0.6) is 0 Å². The number of alkyl halides is 1. The van der Waals surface area contributed by atoms with Crippen LogP contribution < -0.4 is 5.32 Å². The van der Waals surface area contributed by atoms with Gasteiger partial charge < -0.3 is 5.32 Å². The second kappa shape index (κ2) is 6.02. The largest absolute Gasteiger partial charge is 0.322 e. The molecule has 0 unspecified atom stereocenters. The van der Waals surface area contributed by atoms with Gasteiger partial charge in [-0.25, -0.2) is 0 Å². The zero-order chi connectivity index (χ0) is 13.8. The first-order valence-corrected chi connectivity index (χ1v) is 7.26. The van der Waals surface area contributed by atoms with Crippen LogP contribution in [0.2, 0.25) is 0 Å². The highest BCUT2D eigenvalue weighted by Crippen LogP contribution is 2.15. The summed E-state index contributed by atoms with van der Waals surface area (Å²) in [5, 5.41) is 3.70. The van der Waals surface area contributed by atoms with E-state index in [9.17, 15) is 4.79 Å². The molecule has 1 N–H and O–H groups in total. The fourth-order valence-corrected chi connectivity index (χ4v) is 2.17. The first-order chi connectivity index (χ1) is 9.10. The lowest BCUT2D eigenvalue weighted by molar-refractivity contribution is 0.102. The molecule has 1 amide bonds. The Morgan fingerprint density at radius 1 is 1.11 bits per heavy atom. The average Bonchev–Trinajstić information content (AvgIpc) is 2.42. The number of carbonyl (C=O) groups excluding carboxylic acids is 1. The second-order valence-corrected chi connectivity index (χ2v) is 5.15. The number of halogens is 1. The van der Waals surface area contributed by atoms with Gasteiger partial charge in [0.15, 0.2) is 0 Å². The normalized spacial score (nSPS) is 10.3. The number of anilines is 1. The van der Waals surface area contributed by atoms with Gasteiger partial charge in [0.2, 0.25) is 0 Å². The van der Waals surface area contributed by atoms with Crippen LogP contribution in [-0.4, -0.2) is 5.91 Å². The summed E-state index contributed by atoms with van der Waals surface area (Å²) >= 11 is 3.41. The Kier molecular flexibility index (Phi) is 4.38. The fourth-order valence-electron chi connectivity index (χ4n) is 1.82. The van der Waals surface area contributed by atoms with E-state index < -0.39 is 0 Å². The minimum Gasteiger partial charge on any atom is -0.322 e. The van der Waals surface area contributed by atoms with E-state index in [4.69, 9.17) is 0 Å². The molecule has 2 aromatic rings. The van der Waals surface area contributed by atoms with Gasteiger partial charge in [0.1, 0.15) is 0 Å². The molecule has 2 rings (SSSR count).